The number of rotatable bonds is 4. The average molecular weight is 418 g/mol. The predicted octanol–water partition coefficient (Wildman–Crippen LogP) is 2.42. The zero-order valence-electron chi connectivity index (χ0n) is 18.2. The summed E-state index contributed by atoms with van der Waals surface area (Å²) >= 11 is 0. The minimum atomic E-state index is -0.101. The molecule has 4 aromatic rings. The molecule has 0 amide bonds. The fourth-order valence-corrected chi connectivity index (χ4v) is 4.30. The highest BCUT2D eigenvalue weighted by Gasteiger charge is 2.17. The first-order chi connectivity index (χ1) is 15.1. The van der Waals surface area contributed by atoms with Crippen LogP contribution in [0.5, 0.6) is 0 Å². The van der Waals surface area contributed by atoms with E-state index in [0.717, 1.165) is 61.7 Å². The molecule has 0 saturated carbocycles. The van der Waals surface area contributed by atoms with Crippen molar-refractivity contribution in [1.82, 2.24) is 28.9 Å². The molecular formula is C23H27N7O. The first-order valence-corrected chi connectivity index (χ1v) is 10.9. The van der Waals surface area contributed by atoms with E-state index in [1.165, 1.54) is 0 Å². The van der Waals surface area contributed by atoms with E-state index in [2.05, 4.69) is 39.8 Å². The molecule has 8 heteroatoms. The van der Waals surface area contributed by atoms with Gasteiger partial charge in [-0.15, -0.1) is 0 Å². The Morgan fingerprint density at radius 3 is 2.52 bits per heavy atom. The van der Waals surface area contributed by atoms with Gasteiger partial charge in [-0.3, -0.25) is 14.2 Å². The lowest BCUT2D eigenvalue weighted by molar-refractivity contribution is 0.271. The van der Waals surface area contributed by atoms with Crippen molar-refractivity contribution < 1.29 is 0 Å². The maximum atomic E-state index is 12.9. The van der Waals surface area contributed by atoms with Gasteiger partial charge in [0.25, 0.3) is 5.56 Å². The van der Waals surface area contributed by atoms with Gasteiger partial charge in [-0.05, 0) is 38.1 Å². The van der Waals surface area contributed by atoms with Crippen LogP contribution in [0.25, 0.3) is 22.6 Å². The Balaban J connectivity index is 1.52. The molecule has 0 aliphatic carbocycles. The molecule has 5 heterocycles. The maximum Gasteiger partial charge on any atom is 0.258 e. The van der Waals surface area contributed by atoms with Crippen LogP contribution < -0.4 is 10.5 Å². The van der Waals surface area contributed by atoms with Crippen molar-refractivity contribution in [3.8, 4) is 11.4 Å². The van der Waals surface area contributed by atoms with Gasteiger partial charge in [0, 0.05) is 38.4 Å². The molecule has 1 fully saturated rings. The van der Waals surface area contributed by atoms with Gasteiger partial charge in [0.1, 0.15) is 11.3 Å². The zero-order valence-corrected chi connectivity index (χ0v) is 18.2. The molecule has 1 saturated heterocycles. The van der Waals surface area contributed by atoms with Crippen molar-refractivity contribution in [3.05, 3.63) is 58.4 Å². The molecule has 0 unspecified atom stereocenters. The monoisotopic (exact) mass is 417 g/mol. The highest BCUT2D eigenvalue weighted by atomic mass is 16.1. The molecule has 1 aliphatic rings. The standard InChI is InChI=1S/C23H27N7O/c1-4-18-21-12-20(26-30(21)14-16(3)24-18)19-13-23(31)29-15-17(6-7-22(29)25-19)28-10-8-27(5-2)9-11-28/h6-7,12-15H,4-5,8-11H2,1-3H3. The van der Waals surface area contributed by atoms with Crippen LogP contribution >= 0.6 is 0 Å². The number of piperazine rings is 1. The average Bonchev–Trinajstić information content (AvgIpc) is 3.22. The quantitative estimate of drug-likeness (QED) is 0.508. The summed E-state index contributed by atoms with van der Waals surface area (Å²) in [5, 5.41) is 4.66. The molecule has 0 radical (unpaired) electrons. The Kier molecular flexibility index (Phi) is 4.94. The van der Waals surface area contributed by atoms with Gasteiger partial charge < -0.3 is 9.80 Å². The summed E-state index contributed by atoms with van der Waals surface area (Å²) in [5.41, 5.74) is 5.70. The van der Waals surface area contributed by atoms with E-state index >= 15 is 0 Å². The number of aromatic nitrogens is 5. The first-order valence-electron chi connectivity index (χ1n) is 10.9. The number of pyridine rings is 1. The highest BCUT2D eigenvalue weighted by molar-refractivity contribution is 5.66. The summed E-state index contributed by atoms with van der Waals surface area (Å²) in [6.07, 6.45) is 4.62. The molecule has 0 aromatic carbocycles. The summed E-state index contributed by atoms with van der Waals surface area (Å²) in [4.78, 5) is 27.0. The molecule has 0 atom stereocenters. The van der Waals surface area contributed by atoms with Gasteiger partial charge in [0.05, 0.1) is 34.5 Å². The van der Waals surface area contributed by atoms with Crippen LogP contribution in [-0.4, -0.2) is 61.6 Å². The molecule has 8 nitrogen and oxygen atoms in total. The highest BCUT2D eigenvalue weighted by Crippen LogP contribution is 2.21. The first kappa shape index (κ1) is 19.7. The Morgan fingerprint density at radius 2 is 1.77 bits per heavy atom. The minimum Gasteiger partial charge on any atom is -0.368 e. The lowest BCUT2D eigenvalue weighted by Gasteiger charge is -2.35. The largest absolute Gasteiger partial charge is 0.368 e. The second kappa shape index (κ2) is 7.77. The molecule has 1 aliphatic heterocycles. The third kappa shape index (κ3) is 3.57. The van der Waals surface area contributed by atoms with E-state index in [4.69, 9.17) is 4.98 Å². The van der Waals surface area contributed by atoms with Crippen LogP contribution in [0.3, 0.4) is 0 Å². The molecular weight excluding hydrogens is 390 g/mol. The summed E-state index contributed by atoms with van der Waals surface area (Å²) in [7, 11) is 0. The lowest BCUT2D eigenvalue weighted by atomic mass is 10.2. The van der Waals surface area contributed by atoms with Crippen molar-refractivity contribution in [1.29, 1.82) is 0 Å². The number of nitrogens with zero attached hydrogens (tertiary/aromatic N) is 7. The molecule has 5 rings (SSSR count). The summed E-state index contributed by atoms with van der Waals surface area (Å²) in [6.45, 7) is 11.3. The lowest BCUT2D eigenvalue weighted by Crippen LogP contribution is -2.46. The number of fused-ring (bicyclic) bond motifs is 2. The van der Waals surface area contributed by atoms with E-state index in [1.54, 1.807) is 10.5 Å². The van der Waals surface area contributed by atoms with Crippen LogP contribution in [0.1, 0.15) is 25.2 Å². The summed E-state index contributed by atoms with van der Waals surface area (Å²) in [6, 6.07) is 7.51. The molecule has 0 N–H and O–H groups in total. The van der Waals surface area contributed by atoms with E-state index in [1.807, 2.05) is 36.0 Å². The molecule has 31 heavy (non-hydrogen) atoms. The number of hydrogen-bond donors (Lipinski definition) is 0. The normalized spacial score (nSPS) is 15.3. The minimum absolute atomic E-state index is 0.101. The van der Waals surface area contributed by atoms with Crippen molar-refractivity contribution in [2.75, 3.05) is 37.6 Å². The van der Waals surface area contributed by atoms with Crippen molar-refractivity contribution >= 4 is 16.9 Å². The van der Waals surface area contributed by atoms with Gasteiger partial charge in [-0.25, -0.2) is 9.50 Å². The molecule has 0 spiro atoms. The number of hydrogen-bond acceptors (Lipinski definition) is 6. The predicted molar refractivity (Wildman–Crippen MR) is 122 cm³/mol. The second-order valence-corrected chi connectivity index (χ2v) is 8.06. The van der Waals surface area contributed by atoms with Crippen LogP contribution in [-0.2, 0) is 6.42 Å². The molecule has 160 valence electrons. The van der Waals surface area contributed by atoms with Gasteiger partial charge in [-0.2, -0.15) is 5.10 Å². The number of anilines is 1. The van der Waals surface area contributed by atoms with Gasteiger partial charge in [-0.1, -0.05) is 13.8 Å². The topological polar surface area (TPSA) is 71.0 Å². The van der Waals surface area contributed by atoms with E-state index in [0.29, 0.717) is 17.0 Å². The van der Waals surface area contributed by atoms with Crippen LogP contribution in [0.15, 0.2) is 41.5 Å². The van der Waals surface area contributed by atoms with Crippen LogP contribution in [0.4, 0.5) is 5.69 Å². The smallest absolute Gasteiger partial charge is 0.258 e. The Hall–Kier alpha value is -3.26. The van der Waals surface area contributed by atoms with Gasteiger partial charge in [0.15, 0.2) is 0 Å². The van der Waals surface area contributed by atoms with Gasteiger partial charge >= 0.3 is 0 Å². The van der Waals surface area contributed by atoms with Gasteiger partial charge in [0.2, 0.25) is 0 Å². The van der Waals surface area contributed by atoms with Crippen molar-refractivity contribution in [2.24, 2.45) is 0 Å². The Morgan fingerprint density at radius 1 is 0.968 bits per heavy atom. The zero-order chi connectivity index (χ0) is 21.5. The summed E-state index contributed by atoms with van der Waals surface area (Å²) in [5.74, 6) is 0. The molecule has 4 aromatic heterocycles. The van der Waals surface area contributed by atoms with Crippen LogP contribution in [0.2, 0.25) is 0 Å². The number of likely N-dealkylation sites (N-methyl/N-ethyl adjacent to an activating group) is 1. The Labute approximate surface area is 180 Å². The number of aryl methyl sites for hydroxylation is 2. The van der Waals surface area contributed by atoms with Crippen LogP contribution in [0, 0.1) is 6.92 Å². The SMILES string of the molecule is CCc1nc(C)cn2nc(-c3cc(=O)n4cc(N5CCN(CC)CC5)ccc4n3)cc12. The second-order valence-electron chi connectivity index (χ2n) is 8.06. The summed E-state index contributed by atoms with van der Waals surface area (Å²) < 4.78 is 3.46. The van der Waals surface area contributed by atoms with Crippen molar-refractivity contribution in [3.63, 3.8) is 0 Å². The fraction of sp³-hybridized carbons (Fsp3) is 0.391. The maximum absolute atomic E-state index is 12.9. The third-order valence-electron chi connectivity index (χ3n) is 6.08. The van der Waals surface area contributed by atoms with E-state index < -0.39 is 0 Å². The Bertz CT molecular complexity index is 1310. The third-order valence-corrected chi connectivity index (χ3v) is 6.08. The van der Waals surface area contributed by atoms with Crippen molar-refractivity contribution in [2.45, 2.75) is 27.2 Å². The van der Waals surface area contributed by atoms with E-state index in [9.17, 15) is 4.79 Å². The fourth-order valence-electron chi connectivity index (χ4n) is 4.30. The van der Waals surface area contributed by atoms with E-state index in [-0.39, 0.29) is 5.56 Å². The molecule has 0 bridgehead atoms.